The summed E-state index contributed by atoms with van der Waals surface area (Å²) in [7, 11) is 0. The fraction of sp³-hybridized carbons (Fsp3) is 0.273. The van der Waals surface area contributed by atoms with Crippen molar-refractivity contribution in [1.82, 2.24) is 19.9 Å². The van der Waals surface area contributed by atoms with Gasteiger partial charge in [0, 0.05) is 30.8 Å². The van der Waals surface area contributed by atoms with E-state index in [9.17, 15) is 4.79 Å². The Morgan fingerprint density at radius 1 is 1.07 bits per heavy atom. The summed E-state index contributed by atoms with van der Waals surface area (Å²) in [6.07, 6.45) is 5.24. The number of rotatable bonds is 6. The molecule has 1 amide bonds. The van der Waals surface area contributed by atoms with Crippen molar-refractivity contribution in [2.75, 3.05) is 18.8 Å². The fourth-order valence-corrected chi connectivity index (χ4v) is 3.56. The van der Waals surface area contributed by atoms with Crippen molar-refractivity contribution >= 4 is 17.3 Å². The average Bonchev–Trinajstić information content (AvgIpc) is 3.45. The number of carbonyl (C=O) groups is 1. The van der Waals surface area contributed by atoms with E-state index in [1.807, 2.05) is 41.3 Å². The smallest absolute Gasteiger partial charge is 0.222 e. The van der Waals surface area contributed by atoms with Crippen LogP contribution in [0.15, 0.2) is 54.7 Å². The van der Waals surface area contributed by atoms with Crippen LogP contribution in [0.3, 0.4) is 0 Å². The van der Waals surface area contributed by atoms with Gasteiger partial charge in [-0.15, -0.1) is 5.10 Å². The zero-order valence-electron chi connectivity index (χ0n) is 16.2. The highest BCUT2D eigenvalue weighted by molar-refractivity contribution is 6.12. The molecule has 3 N–H and O–H groups in total. The molecule has 0 radical (unpaired) electrons. The third-order valence-electron chi connectivity index (χ3n) is 5.27. The fourth-order valence-electron chi connectivity index (χ4n) is 3.56. The van der Waals surface area contributed by atoms with Crippen molar-refractivity contribution < 1.29 is 4.79 Å². The number of nitrogens with zero attached hydrogens (tertiary/aromatic N) is 4. The quantitative estimate of drug-likeness (QED) is 0.501. The third-order valence-corrected chi connectivity index (χ3v) is 5.27. The summed E-state index contributed by atoms with van der Waals surface area (Å²) in [4.78, 5) is 14.1. The highest BCUT2D eigenvalue weighted by atomic mass is 16.2. The van der Waals surface area contributed by atoms with Gasteiger partial charge in [-0.2, -0.15) is 0 Å². The molecule has 1 fully saturated rings. The first-order valence-electron chi connectivity index (χ1n) is 9.85. The molecule has 2 heterocycles. The van der Waals surface area contributed by atoms with E-state index in [1.54, 1.807) is 23.0 Å². The van der Waals surface area contributed by atoms with Gasteiger partial charge in [0.15, 0.2) is 0 Å². The first-order chi connectivity index (χ1) is 14.1. The van der Waals surface area contributed by atoms with E-state index in [0.29, 0.717) is 23.4 Å². The van der Waals surface area contributed by atoms with Crippen molar-refractivity contribution in [2.45, 2.75) is 25.7 Å². The molecule has 0 aliphatic carbocycles. The van der Waals surface area contributed by atoms with Crippen molar-refractivity contribution in [3.05, 3.63) is 71.5 Å². The van der Waals surface area contributed by atoms with Gasteiger partial charge in [0.05, 0.1) is 17.6 Å². The molecule has 0 spiro atoms. The Hall–Kier alpha value is -3.48. The molecule has 0 saturated carbocycles. The maximum atomic E-state index is 12.2. The predicted molar refractivity (Wildman–Crippen MR) is 112 cm³/mol. The van der Waals surface area contributed by atoms with E-state index < -0.39 is 0 Å². The summed E-state index contributed by atoms with van der Waals surface area (Å²) in [6, 6.07) is 15.2. The summed E-state index contributed by atoms with van der Waals surface area (Å²) in [5, 5.41) is 16.6. The number of carbonyl (C=O) groups excluding carboxylic acids is 1. The Bertz CT molecular complexity index is 1020. The number of aromatic nitrogens is 3. The first-order valence-corrected chi connectivity index (χ1v) is 9.85. The molecule has 1 aromatic heterocycles. The molecule has 1 saturated heterocycles. The normalized spacial score (nSPS) is 13.6. The van der Waals surface area contributed by atoms with Crippen molar-refractivity contribution in [3.63, 3.8) is 0 Å². The number of nitrogens with one attached hydrogen (secondary N) is 1. The lowest BCUT2D eigenvalue weighted by atomic mass is 10.1. The van der Waals surface area contributed by atoms with Crippen LogP contribution >= 0.6 is 0 Å². The highest BCUT2D eigenvalue weighted by Crippen LogP contribution is 2.17. The van der Waals surface area contributed by atoms with Gasteiger partial charge in [-0.25, -0.2) is 4.68 Å². The number of aryl methyl sites for hydroxylation is 1. The van der Waals surface area contributed by atoms with Crippen LogP contribution in [0.5, 0.6) is 0 Å². The van der Waals surface area contributed by atoms with Crippen LogP contribution in [-0.4, -0.2) is 44.6 Å². The lowest BCUT2D eigenvalue weighted by Crippen LogP contribution is -2.27. The molecule has 29 heavy (non-hydrogen) atoms. The molecular formula is C22H24N6O. The number of amides is 1. The van der Waals surface area contributed by atoms with E-state index in [-0.39, 0.29) is 11.6 Å². The Balaban J connectivity index is 1.41. The Morgan fingerprint density at radius 2 is 1.79 bits per heavy atom. The summed E-state index contributed by atoms with van der Waals surface area (Å²) in [6.45, 7) is 1.80. The minimum atomic E-state index is 0.242. The van der Waals surface area contributed by atoms with Crippen LogP contribution in [0, 0.1) is 5.41 Å². The number of nitrogens with two attached hydrogens (primary N) is 1. The number of nitrogen functional groups attached to an aromatic ring is 1. The van der Waals surface area contributed by atoms with Gasteiger partial charge >= 0.3 is 0 Å². The minimum absolute atomic E-state index is 0.242. The topological polar surface area (TPSA) is 101 Å². The summed E-state index contributed by atoms with van der Waals surface area (Å²) >= 11 is 0. The SMILES string of the molecule is N=C(c1cn(-c2ccc(CCC(=O)N3CCCC3)cc2)nn1)c1ccccc1N. The third kappa shape index (κ3) is 4.18. The Labute approximate surface area is 169 Å². The van der Waals surface area contributed by atoms with Gasteiger partial charge in [0.25, 0.3) is 0 Å². The van der Waals surface area contributed by atoms with Crippen molar-refractivity contribution in [1.29, 1.82) is 5.41 Å². The molecule has 0 unspecified atom stereocenters. The number of anilines is 1. The molecule has 1 aliphatic rings. The van der Waals surface area contributed by atoms with Gasteiger partial charge in [0.1, 0.15) is 5.69 Å². The first kappa shape index (κ1) is 18.9. The summed E-state index contributed by atoms with van der Waals surface area (Å²) in [5.74, 6) is 0.242. The molecule has 0 bridgehead atoms. The second-order valence-electron chi connectivity index (χ2n) is 7.26. The van der Waals surface area contributed by atoms with Gasteiger partial charge in [0.2, 0.25) is 5.91 Å². The predicted octanol–water partition coefficient (Wildman–Crippen LogP) is 2.82. The number of hydrogen-bond acceptors (Lipinski definition) is 5. The van der Waals surface area contributed by atoms with Gasteiger partial charge in [-0.3, -0.25) is 10.2 Å². The monoisotopic (exact) mass is 388 g/mol. The van der Waals surface area contributed by atoms with Crippen LogP contribution in [0.1, 0.15) is 36.1 Å². The number of hydrogen-bond donors (Lipinski definition) is 2. The average molecular weight is 388 g/mol. The van der Waals surface area contributed by atoms with E-state index in [1.165, 1.54) is 0 Å². The highest BCUT2D eigenvalue weighted by Gasteiger charge is 2.17. The molecule has 4 rings (SSSR count). The molecule has 1 aliphatic heterocycles. The number of para-hydroxylation sites is 1. The van der Waals surface area contributed by atoms with E-state index in [2.05, 4.69) is 10.3 Å². The van der Waals surface area contributed by atoms with E-state index in [0.717, 1.165) is 43.6 Å². The van der Waals surface area contributed by atoms with Gasteiger partial charge < -0.3 is 10.6 Å². The van der Waals surface area contributed by atoms with Gasteiger partial charge in [-0.1, -0.05) is 35.5 Å². The van der Waals surface area contributed by atoms with E-state index >= 15 is 0 Å². The van der Waals surface area contributed by atoms with Crippen LogP contribution in [0.4, 0.5) is 5.69 Å². The zero-order valence-corrected chi connectivity index (χ0v) is 16.2. The lowest BCUT2D eigenvalue weighted by molar-refractivity contribution is -0.130. The number of likely N-dealkylation sites (tertiary alicyclic amines) is 1. The summed E-state index contributed by atoms with van der Waals surface area (Å²) in [5.41, 5.74) is 9.81. The van der Waals surface area contributed by atoms with Gasteiger partial charge in [-0.05, 0) is 43.0 Å². The molecule has 0 atom stereocenters. The molecule has 148 valence electrons. The largest absolute Gasteiger partial charge is 0.398 e. The Morgan fingerprint density at radius 3 is 2.52 bits per heavy atom. The second kappa shape index (κ2) is 8.26. The maximum absolute atomic E-state index is 12.2. The van der Waals surface area contributed by atoms with Crippen LogP contribution in [0.2, 0.25) is 0 Å². The molecule has 2 aromatic carbocycles. The van der Waals surface area contributed by atoms with Crippen LogP contribution in [-0.2, 0) is 11.2 Å². The van der Waals surface area contributed by atoms with Crippen LogP contribution in [0.25, 0.3) is 5.69 Å². The van der Waals surface area contributed by atoms with Crippen molar-refractivity contribution in [2.24, 2.45) is 0 Å². The minimum Gasteiger partial charge on any atom is -0.398 e. The van der Waals surface area contributed by atoms with Crippen molar-refractivity contribution in [3.8, 4) is 5.69 Å². The molecule has 7 nitrogen and oxygen atoms in total. The Kier molecular flexibility index (Phi) is 5.37. The van der Waals surface area contributed by atoms with E-state index in [4.69, 9.17) is 11.1 Å². The zero-order chi connectivity index (χ0) is 20.2. The number of benzene rings is 2. The standard InChI is InChI=1S/C22H24N6O/c23-19-6-2-1-5-18(19)22(24)20-15-28(26-25-20)17-10-7-16(8-11-17)9-12-21(29)27-13-3-4-14-27/h1-2,5-8,10-11,15,24H,3-4,9,12-14,23H2. The van der Waals surface area contributed by atoms with Crippen LogP contribution < -0.4 is 5.73 Å². The molecule has 7 heteroatoms. The lowest BCUT2D eigenvalue weighted by Gasteiger charge is -2.14. The summed E-state index contributed by atoms with van der Waals surface area (Å²) < 4.78 is 1.64. The maximum Gasteiger partial charge on any atom is 0.222 e. The molecular weight excluding hydrogens is 364 g/mol. The molecule has 3 aromatic rings. The second-order valence-corrected chi connectivity index (χ2v) is 7.26.